The van der Waals surface area contributed by atoms with Gasteiger partial charge >= 0.3 is 0 Å². The normalized spacial score (nSPS) is 44.4. The van der Waals surface area contributed by atoms with E-state index in [4.69, 9.17) is 55.9 Å². The second-order valence-corrected chi connectivity index (χ2v) is 8.69. The number of Topliss-reactive ketones (excluding diaryl/α,β-unsaturated/α-hetero) is 1. The Morgan fingerprint density at radius 2 is 1.90 bits per heavy atom. The Morgan fingerprint density at radius 3 is 2.45 bits per heavy atom. The summed E-state index contributed by atoms with van der Waals surface area (Å²) in [6.07, 6.45) is 2.18. The fourth-order valence-corrected chi connectivity index (χ4v) is 4.41. The molecule has 0 aromatic heterocycles. The third kappa shape index (κ3) is 1.90. The van der Waals surface area contributed by atoms with Crippen LogP contribution in [0.3, 0.4) is 0 Å². The lowest BCUT2D eigenvalue weighted by molar-refractivity contribution is -0.143. The second-order valence-electron chi connectivity index (χ2n) is 5.98. The molecule has 0 amide bonds. The number of fused-ring (bicyclic) bond motifs is 2. The molecule has 7 heteroatoms. The van der Waals surface area contributed by atoms with Gasteiger partial charge in [-0.3, -0.25) is 4.79 Å². The van der Waals surface area contributed by atoms with Crippen molar-refractivity contribution in [2.45, 2.75) is 52.7 Å². The number of hydrogen-bond acceptors (Lipinski definition) is 3. The van der Waals surface area contributed by atoms with Crippen molar-refractivity contribution < 1.29 is 14.3 Å². The Hall–Kier alpha value is 0.490. The number of alkyl halides is 4. The van der Waals surface area contributed by atoms with E-state index in [9.17, 15) is 4.79 Å². The minimum absolute atomic E-state index is 0.181. The van der Waals surface area contributed by atoms with E-state index in [0.717, 1.165) is 5.57 Å². The molecule has 3 nitrogen and oxygen atoms in total. The van der Waals surface area contributed by atoms with E-state index in [1.807, 2.05) is 13.8 Å². The van der Waals surface area contributed by atoms with Gasteiger partial charge in [-0.2, -0.15) is 0 Å². The smallest absolute Gasteiger partial charge is 0.211 e. The summed E-state index contributed by atoms with van der Waals surface area (Å²) in [5.74, 6) is -0.622. The van der Waals surface area contributed by atoms with Gasteiger partial charge in [-0.15, -0.1) is 0 Å². The second kappa shape index (κ2) is 4.27. The van der Waals surface area contributed by atoms with Crippen molar-refractivity contribution in [3.05, 3.63) is 11.6 Å². The summed E-state index contributed by atoms with van der Waals surface area (Å²) >= 11 is 24.8. The summed E-state index contributed by atoms with van der Waals surface area (Å²) in [5.41, 5.74) is -0.479. The molecule has 20 heavy (non-hydrogen) atoms. The van der Waals surface area contributed by atoms with Crippen LogP contribution in [-0.2, 0) is 14.3 Å². The predicted molar refractivity (Wildman–Crippen MR) is 78.8 cm³/mol. The van der Waals surface area contributed by atoms with Crippen molar-refractivity contribution in [3.63, 3.8) is 0 Å². The van der Waals surface area contributed by atoms with E-state index in [1.165, 1.54) is 0 Å². The van der Waals surface area contributed by atoms with Gasteiger partial charge in [0.05, 0.1) is 12.2 Å². The predicted octanol–water partition coefficient (Wildman–Crippen LogP) is 3.57. The summed E-state index contributed by atoms with van der Waals surface area (Å²) in [6, 6.07) is 0. The van der Waals surface area contributed by atoms with Crippen molar-refractivity contribution >= 4 is 52.2 Å². The molecule has 3 aliphatic heterocycles. The fourth-order valence-electron chi connectivity index (χ4n) is 2.85. The average Bonchev–Trinajstić information content (AvgIpc) is 2.98. The molecule has 2 saturated heterocycles. The van der Waals surface area contributed by atoms with E-state index in [-0.39, 0.29) is 5.60 Å². The Bertz CT molecular complexity index is 510. The van der Waals surface area contributed by atoms with Crippen LogP contribution in [0.2, 0.25) is 0 Å². The third-order valence-electron chi connectivity index (χ3n) is 4.46. The lowest BCUT2D eigenvalue weighted by Crippen LogP contribution is -2.64. The number of carbonyl (C=O) groups is 1. The van der Waals surface area contributed by atoms with Crippen LogP contribution in [0.4, 0.5) is 0 Å². The topological polar surface area (TPSA) is 38.8 Å². The molecule has 3 unspecified atom stereocenters. The molecule has 3 atom stereocenters. The Balaban J connectivity index is 1.97. The SMILES string of the molecule is CC1=CC2OC1(CCC1(C)CO1)C(Cl)(Cl)C(=O)C2(Cl)Cl. The first-order chi connectivity index (χ1) is 9.05. The van der Waals surface area contributed by atoms with E-state index in [0.29, 0.717) is 19.4 Å². The zero-order valence-electron chi connectivity index (χ0n) is 11.0. The van der Waals surface area contributed by atoms with E-state index >= 15 is 0 Å². The quantitative estimate of drug-likeness (QED) is 0.439. The van der Waals surface area contributed by atoms with Crippen molar-refractivity contribution in [2.24, 2.45) is 0 Å². The van der Waals surface area contributed by atoms with E-state index in [1.54, 1.807) is 6.08 Å². The highest BCUT2D eigenvalue weighted by molar-refractivity contribution is 6.70. The number of rotatable bonds is 3. The van der Waals surface area contributed by atoms with Crippen molar-refractivity contribution in [3.8, 4) is 0 Å². The monoisotopic (exact) mass is 358 g/mol. The third-order valence-corrected chi connectivity index (χ3v) is 6.19. The van der Waals surface area contributed by atoms with Gasteiger partial charge in [-0.25, -0.2) is 0 Å². The number of halogens is 4. The molecule has 0 saturated carbocycles. The van der Waals surface area contributed by atoms with E-state index in [2.05, 4.69) is 0 Å². The molecule has 0 aromatic carbocycles. The molecular formula is C13H14Cl4O3. The average molecular weight is 360 g/mol. The summed E-state index contributed by atoms with van der Waals surface area (Å²) in [5, 5.41) is 0. The Morgan fingerprint density at radius 1 is 1.30 bits per heavy atom. The molecule has 0 spiro atoms. The molecule has 3 rings (SSSR count). The first-order valence-electron chi connectivity index (χ1n) is 6.36. The minimum Gasteiger partial charge on any atom is -0.370 e. The lowest BCUT2D eigenvalue weighted by Gasteiger charge is -2.47. The van der Waals surface area contributed by atoms with Crippen molar-refractivity contribution in [1.82, 2.24) is 0 Å². The number of ether oxygens (including phenoxy) is 2. The minimum atomic E-state index is -1.81. The largest absolute Gasteiger partial charge is 0.370 e. The molecule has 3 aliphatic rings. The van der Waals surface area contributed by atoms with Crippen LogP contribution >= 0.6 is 46.4 Å². The molecule has 112 valence electrons. The zero-order chi connectivity index (χ0) is 15.0. The molecule has 0 N–H and O–H groups in total. The van der Waals surface area contributed by atoms with Crippen LogP contribution in [0.25, 0.3) is 0 Å². The van der Waals surface area contributed by atoms with Crippen LogP contribution in [0.15, 0.2) is 11.6 Å². The maximum absolute atomic E-state index is 12.4. The molecule has 0 aromatic rings. The fraction of sp³-hybridized carbons (Fsp3) is 0.769. The van der Waals surface area contributed by atoms with E-state index < -0.39 is 26.2 Å². The van der Waals surface area contributed by atoms with Crippen LogP contribution in [-0.4, -0.2) is 38.4 Å². The van der Waals surface area contributed by atoms with Crippen molar-refractivity contribution in [1.29, 1.82) is 0 Å². The summed E-state index contributed by atoms with van der Waals surface area (Å²) in [7, 11) is 0. The highest BCUT2D eigenvalue weighted by Gasteiger charge is 2.71. The zero-order valence-corrected chi connectivity index (χ0v) is 14.0. The number of epoxide rings is 1. The molecule has 3 heterocycles. The molecule has 2 bridgehead atoms. The molecule has 2 fully saturated rings. The number of ketones is 1. The Kier molecular flexibility index (Phi) is 3.29. The maximum Gasteiger partial charge on any atom is 0.211 e. The van der Waals surface area contributed by atoms with Crippen LogP contribution in [0, 0.1) is 0 Å². The molecule has 0 radical (unpaired) electrons. The number of hydrogen-bond donors (Lipinski definition) is 0. The number of carbonyl (C=O) groups excluding carboxylic acids is 1. The first kappa shape index (κ1) is 15.4. The van der Waals surface area contributed by atoms with Crippen LogP contribution in [0.5, 0.6) is 0 Å². The lowest BCUT2D eigenvalue weighted by atomic mass is 9.82. The van der Waals surface area contributed by atoms with Gasteiger partial charge in [0.25, 0.3) is 0 Å². The van der Waals surface area contributed by atoms with Gasteiger partial charge in [-0.1, -0.05) is 52.5 Å². The van der Waals surface area contributed by atoms with Gasteiger partial charge in [0.2, 0.25) is 14.4 Å². The standard InChI is InChI=1S/C13H14Cl4O3/c1-7-5-8-12(14,15)9(18)13(16,17)11(7,20-8)4-3-10(2)6-19-10/h5,8H,3-4,6H2,1-2H3. The van der Waals surface area contributed by atoms with Crippen LogP contribution < -0.4 is 0 Å². The molecule has 0 aliphatic carbocycles. The first-order valence-corrected chi connectivity index (χ1v) is 7.88. The maximum atomic E-state index is 12.4. The highest BCUT2D eigenvalue weighted by Crippen LogP contribution is 2.59. The van der Waals surface area contributed by atoms with Gasteiger partial charge in [0, 0.05) is 0 Å². The van der Waals surface area contributed by atoms with Crippen molar-refractivity contribution in [2.75, 3.05) is 6.61 Å². The summed E-state index contributed by atoms with van der Waals surface area (Å²) in [6.45, 7) is 4.52. The van der Waals surface area contributed by atoms with Gasteiger partial charge in [0.15, 0.2) is 0 Å². The Labute approximate surface area is 137 Å². The summed E-state index contributed by atoms with van der Waals surface area (Å²) < 4.78 is 7.72. The highest BCUT2D eigenvalue weighted by atomic mass is 35.5. The van der Waals surface area contributed by atoms with Gasteiger partial charge in [-0.05, 0) is 32.3 Å². The van der Waals surface area contributed by atoms with Gasteiger partial charge < -0.3 is 9.47 Å². The molecular weight excluding hydrogens is 346 g/mol. The summed E-state index contributed by atoms with van der Waals surface area (Å²) in [4.78, 5) is 12.4. The van der Waals surface area contributed by atoms with Crippen LogP contribution in [0.1, 0.15) is 26.7 Å². The van der Waals surface area contributed by atoms with Gasteiger partial charge in [0.1, 0.15) is 11.7 Å².